The second-order valence-electron chi connectivity index (χ2n) is 6.01. The van der Waals surface area contributed by atoms with Crippen LogP contribution >= 0.6 is 0 Å². The summed E-state index contributed by atoms with van der Waals surface area (Å²) in [6.07, 6.45) is 3.05. The van der Waals surface area contributed by atoms with Crippen LogP contribution in [0.2, 0.25) is 0 Å². The summed E-state index contributed by atoms with van der Waals surface area (Å²) in [6.45, 7) is 2.20. The van der Waals surface area contributed by atoms with Crippen LogP contribution in [0, 0.1) is 0 Å². The first-order valence-electron chi connectivity index (χ1n) is 7.62. The number of likely N-dealkylation sites (N-methyl/N-ethyl adjacent to an activating group) is 1. The molecule has 0 bridgehead atoms. The van der Waals surface area contributed by atoms with Crippen molar-refractivity contribution >= 4 is 22.9 Å². The molecule has 0 spiro atoms. The van der Waals surface area contributed by atoms with Crippen molar-refractivity contribution in [1.29, 1.82) is 0 Å². The highest BCUT2D eigenvalue weighted by Crippen LogP contribution is 2.38. The van der Waals surface area contributed by atoms with E-state index in [2.05, 4.69) is 36.1 Å². The highest BCUT2D eigenvalue weighted by molar-refractivity contribution is 6.32. The molecule has 2 aromatic carbocycles. The number of carbonyl (C=O) groups is 1. The standard InChI is InChI=1S/C19H18N2O/c1-13-11-14-7-3-5-9-17(14)21(13)12-16-15-8-4-6-10-18(15)20(2)19(16)22/h3-10,12-13H,11H2,1-2H3/b16-12-. The van der Waals surface area contributed by atoms with E-state index in [1.807, 2.05) is 37.5 Å². The summed E-state index contributed by atoms with van der Waals surface area (Å²) in [5, 5.41) is 0. The zero-order valence-corrected chi connectivity index (χ0v) is 12.8. The number of carbonyl (C=O) groups excluding carboxylic acids is 1. The van der Waals surface area contributed by atoms with Crippen molar-refractivity contribution in [3.8, 4) is 0 Å². The monoisotopic (exact) mass is 290 g/mol. The van der Waals surface area contributed by atoms with E-state index in [9.17, 15) is 4.79 Å². The van der Waals surface area contributed by atoms with E-state index < -0.39 is 0 Å². The summed E-state index contributed by atoms with van der Waals surface area (Å²) in [6, 6.07) is 16.8. The third kappa shape index (κ3) is 1.78. The third-order valence-electron chi connectivity index (χ3n) is 4.62. The van der Waals surface area contributed by atoms with Crippen LogP contribution in [0.25, 0.3) is 5.57 Å². The molecule has 2 aliphatic rings. The molecule has 3 heteroatoms. The van der Waals surface area contributed by atoms with Crippen LogP contribution in [0.5, 0.6) is 0 Å². The second-order valence-corrected chi connectivity index (χ2v) is 6.01. The minimum absolute atomic E-state index is 0.0674. The van der Waals surface area contributed by atoms with Gasteiger partial charge in [0.15, 0.2) is 0 Å². The topological polar surface area (TPSA) is 23.6 Å². The van der Waals surface area contributed by atoms with Crippen LogP contribution in [-0.4, -0.2) is 19.0 Å². The average Bonchev–Trinajstić information content (AvgIpc) is 2.98. The lowest BCUT2D eigenvalue weighted by molar-refractivity contribution is -0.112. The molecule has 110 valence electrons. The smallest absolute Gasteiger partial charge is 0.260 e. The van der Waals surface area contributed by atoms with Crippen molar-refractivity contribution < 1.29 is 4.79 Å². The SMILES string of the molecule is CC1Cc2ccccc2N1/C=C1\C(=O)N(C)c2ccccc21. The first-order valence-corrected chi connectivity index (χ1v) is 7.62. The van der Waals surface area contributed by atoms with Gasteiger partial charge in [0, 0.05) is 30.5 Å². The maximum atomic E-state index is 12.6. The van der Waals surface area contributed by atoms with Crippen LogP contribution in [0.15, 0.2) is 54.7 Å². The van der Waals surface area contributed by atoms with E-state index in [0.29, 0.717) is 6.04 Å². The van der Waals surface area contributed by atoms with Gasteiger partial charge in [0.1, 0.15) is 0 Å². The Morgan fingerprint density at radius 3 is 2.55 bits per heavy atom. The zero-order chi connectivity index (χ0) is 15.3. The molecule has 1 atom stereocenters. The van der Waals surface area contributed by atoms with Crippen LogP contribution < -0.4 is 9.80 Å². The fourth-order valence-electron chi connectivity index (χ4n) is 3.45. The van der Waals surface area contributed by atoms with Gasteiger partial charge in [-0.1, -0.05) is 36.4 Å². The molecule has 0 radical (unpaired) electrons. The molecule has 0 N–H and O–H groups in total. The number of anilines is 2. The van der Waals surface area contributed by atoms with Crippen LogP contribution in [-0.2, 0) is 11.2 Å². The number of amides is 1. The van der Waals surface area contributed by atoms with Gasteiger partial charge in [0.05, 0.1) is 11.3 Å². The van der Waals surface area contributed by atoms with Crippen LogP contribution in [0.3, 0.4) is 0 Å². The van der Waals surface area contributed by atoms with Crippen molar-refractivity contribution in [2.45, 2.75) is 19.4 Å². The first kappa shape index (κ1) is 13.1. The molecule has 0 saturated heterocycles. The summed E-state index contributed by atoms with van der Waals surface area (Å²) >= 11 is 0. The summed E-state index contributed by atoms with van der Waals surface area (Å²) < 4.78 is 0. The summed E-state index contributed by atoms with van der Waals surface area (Å²) in [5.41, 5.74) is 5.34. The van der Waals surface area contributed by atoms with Crippen LogP contribution in [0.4, 0.5) is 11.4 Å². The van der Waals surface area contributed by atoms with Gasteiger partial charge in [0.2, 0.25) is 0 Å². The lowest BCUT2D eigenvalue weighted by atomic mass is 10.1. The van der Waals surface area contributed by atoms with Crippen molar-refractivity contribution in [2.24, 2.45) is 0 Å². The summed E-state index contributed by atoms with van der Waals surface area (Å²) in [7, 11) is 1.84. The first-order chi connectivity index (χ1) is 10.7. The maximum Gasteiger partial charge on any atom is 0.260 e. The average molecular weight is 290 g/mol. The van der Waals surface area contributed by atoms with E-state index in [-0.39, 0.29) is 5.91 Å². The molecular formula is C19H18N2O. The Kier molecular flexibility index (Phi) is 2.83. The molecular weight excluding hydrogens is 272 g/mol. The molecule has 0 fully saturated rings. The number of hydrogen-bond acceptors (Lipinski definition) is 2. The number of nitrogens with zero attached hydrogens (tertiary/aromatic N) is 2. The normalized spacial score (nSPS) is 21.5. The van der Waals surface area contributed by atoms with E-state index in [0.717, 1.165) is 23.2 Å². The zero-order valence-electron chi connectivity index (χ0n) is 12.8. The molecule has 22 heavy (non-hydrogen) atoms. The van der Waals surface area contributed by atoms with E-state index in [4.69, 9.17) is 0 Å². The lowest BCUT2D eigenvalue weighted by Gasteiger charge is -2.21. The van der Waals surface area contributed by atoms with Crippen molar-refractivity contribution in [3.63, 3.8) is 0 Å². The molecule has 2 heterocycles. The van der Waals surface area contributed by atoms with Gasteiger partial charge >= 0.3 is 0 Å². The van der Waals surface area contributed by atoms with E-state index >= 15 is 0 Å². The van der Waals surface area contributed by atoms with Crippen molar-refractivity contribution in [3.05, 3.63) is 65.9 Å². The van der Waals surface area contributed by atoms with Gasteiger partial charge in [0.25, 0.3) is 5.91 Å². The minimum Gasteiger partial charge on any atom is -0.344 e. The highest BCUT2D eigenvalue weighted by Gasteiger charge is 2.32. The Morgan fingerprint density at radius 1 is 1.05 bits per heavy atom. The van der Waals surface area contributed by atoms with Gasteiger partial charge in [-0.05, 0) is 31.0 Å². The van der Waals surface area contributed by atoms with Crippen molar-refractivity contribution in [2.75, 3.05) is 16.8 Å². The summed E-state index contributed by atoms with van der Waals surface area (Å²) in [4.78, 5) is 16.6. The van der Waals surface area contributed by atoms with E-state index in [1.54, 1.807) is 4.90 Å². The number of rotatable bonds is 1. The molecule has 1 unspecified atom stereocenters. The maximum absolute atomic E-state index is 12.6. The molecule has 2 aliphatic heterocycles. The fourth-order valence-corrected chi connectivity index (χ4v) is 3.45. The number of hydrogen-bond donors (Lipinski definition) is 0. The summed E-state index contributed by atoms with van der Waals surface area (Å²) in [5.74, 6) is 0.0674. The lowest BCUT2D eigenvalue weighted by Crippen LogP contribution is -2.26. The molecule has 4 rings (SSSR count). The quantitative estimate of drug-likeness (QED) is 0.751. The molecule has 0 saturated carbocycles. The highest BCUT2D eigenvalue weighted by atomic mass is 16.2. The van der Waals surface area contributed by atoms with Gasteiger partial charge in [-0.2, -0.15) is 0 Å². The third-order valence-corrected chi connectivity index (χ3v) is 4.62. The molecule has 0 aliphatic carbocycles. The van der Waals surface area contributed by atoms with Gasteiger partial charge in [-0.25, -0.2) is 0 Å². The number of fused-ring (bicyclic) bond motifs is 2. The Balaban J connectivity index is 1.82. The predicted molar refractivity (Wildman–Crippen MR) is 89.9 cm³/mol. The second kappa shape index (κ2) is 4.73. The molecule has 3 nitrogen and oxygen atoms in total. The van der Waals surface area contributed by atoms with Gasteiger partial charge in [-0.15, -0.1) is 0 Å². The molecule has 2 aromatic rings. The van der Waals surface area contributed by atoms with Crippen molar-refractivity contribution in [1.82, 2.24) is 0 Å². The Hall–Kier alpha value is -2.55. The largest absolute Gasteiger partial charge is 0.344 e. The molecule has 1 amide bonds. The Bertz CT molecular complexity index is 794. The Morgan fingerprint density at radius 2 is 1.73 bits per heavy atom. The minimum atomic E-state index is 0.0674. The number of benzene rings is 2. The fraction of sp³-hybridized carbons (Fsp3) is 0.211. The number of para-hydroxylation sites is 2. The van der Waals surface area contributed by atoms with E-state index in [1.165, 1.54) is 11.3 Å². The van der Waals surface area contributed by atoms with Gasteiger partial charge in [-0.3, -0.25) is 4.79 Å². The van der Waals surface area contributed by atoms with Crippen LogP contribution in [0.1, 0.15) is 18.1 Å². The van der Waals surface area contributed by atoms with Gasteiger partial charge < -0.3 is 9.80 Å². The Labute approximate surface area is 130 Å². The predicted octanol–water partition coefficient (Wildman–Crippen LogP) is 3.46. The molecule has 0 aromatic heterocycles.